The molecule has 0 saturated carbocycles. The molecule has 0 spiro atoms. The van der Waals surface area contributed by atoms with E-state index in [4.69, 9.17) is 4.84 Å². The molecule has 1 N–H and O–H groups in total. The molecule has 0 radical (unpaired) electrons. The van der Waals surface area contributed by atoms with E-state index in [-0.39, 0.29) is 6.03 Å². The van der Waals surface area contributed by atoms with Crippen LogP contribution in [-0.4, -0.2) is 40.4 Å². The Labute approximate surface area is 105 Å². The van der Waals surface area contributed by atoms with Gasteiger partial charge in [-0.25, -0.2) is 15.0 Å². The van der Waals surface area contributed by atoms with E-state index in [0.29, 0.717) is 19.7 Å². The normalized spacial score (nSPS) is 15.1. The second-order valence-electron chi connectivity index (χ2n) is 3.86. The minimum atomic E-state index is -0.241. The molecule has 96 valence electrons. The maximum Gasteiger partial charge on any atom is 0.341 e. The van der Waals surface area contributed by atoms with Gasteiger partial charge in [-0.2, -0.15) is 5.10 Å². The molecule has 0 unspecified atom stereocenters. The van der Waals surface area contributed by atoms with Gasteiger partial charge in [-0.15, -0.1) is 6.58 Å². The largest absolute Gasteiger partial charge is 0.341 e. The van der Waals surface area contributed by atoms with Crippen molar-refractivity contribution >= 4 is 11.7 Å². The third kappa shape index (κ3) is 2.98. The molecule has 1 aliphatic heterocycles. The van der Waals surface area contributed by atoms with Crippen LogP contribution in [-0.2, 0) is 4.84 Å². The molecule has 0 bridgehead atoms. The van der Waals surface area contributed by atoms with Crippen LogP contribution >= 0.6 is 0 Å². The van der Waals surface area contributed by atoms with Crippen molar-refractivity contribution in [1.29, 1.82) is 0 Å². The molecule has 2 amide bonds. The van der Waals surface area contributed by atoms with Gasteiger partial charge in [-0.05, 0) is 12.5 Å². The summed E-state index contributed by atoms with van der Waals surface area (Å²) in [6, 6.07) is 1.61. The lowest BCUT2D eigenvalue weighted by atomic mass is 10.2. The molecule has 1 aromatic rings. The van der Waals surface area contributed by atoms with Gasteiger partial charge in [-0.3, -0.25) is 4.84 Å². The molecule has 0 saturated heterocycles. The van der Waals surface area contributed by atoms with Crippen molar-refractivity contribution in [2.45, 2.75) is 6.42 Å². The van der Waals surface area contributed by atoms with Crippen LogP contribution in [0.1, 0.15) is 6.42 Å². The predicted molar refractivity (Wildman–Crippen MR) is 67.4 cm³/mol. The molecule has 1 aliphatic rings. The Morgan fingerprint density at radius 2 is 2.56 bits per heavy atom. The SMILES string of the molecule is C=CCONC(=O)N1CCC=C(n2cccn2)C1. The summed E-state index contributed by atoms with van der Waals surface area (Å²) in [4.78, 5) is 18.4. The third-order valence-electron chi connectivity index (χ3n) is 2.58. The van der Waals surface area contributed by atoms with E-state index in [1.165, 1.54) is 0 Å². The number of urea groups is 1. The van der Waals surface area contributed by atoms with Gasteiger partial charge in [0.15, 0.2) is 0 Å². The number of hydrogen-bond donors (Lipinski definition) is 1. The number of hydroxylamine groups is 1. The average Bonchev–Trinajstić information content (AvgIpc) is 2.93. The Balaban J connectivity index is 1.91. The van der Waals surface area contributed by atoms with Gasteiger partial charge in [0.25, 0.3) is 0 Å². The molecule has 0 aromatic carbocycles. The first-order valence-corrected chi connectivity index (χ1v) is 5.78. The van der Waals surface area contributed by atoms with Crippen LogP contribution in [0.25, 0.3) is 5.70 Å². The van der Waals surface area contributed by atoms with Gasteiger partial charge in [0, 0.05) is 18.9 Å². The predicted octanol–water partition coefficient (Wildman–Crippen LogP) is 1.26. The number of aromatic nitrogens is 2. The topological polar surface area (TPSA) is 59.4 Å². The number of hydrogen-bond acceptors (Lipinski definition) is 3. The van der Waals surface area contributed by atoms with Crippen LogP contribution < -0.4 is 5.48 Å². The van der Waals surface area contributed by atoms with Crippen LogP contribution in [0.4, 0.5) is 4.79 Å². The highest BCUT2D eigenvalue weighted by Crippen LogP contribution is 2.13. The van der Waals surface area contributed by atoms with Crippen LogP contribution in [0.3, 0.4) is 0 Å². The second-order valence-corrected chi connectivity index (χ2v) is 3.86. The van der Waals surface area contributed by atoms with Crippen molar-refractivity contribution in [1.82, 2.24) is 20.2 Å². The standard InChI is InChI=1S/C12H16N4O2/c1-2-9-18-14-12(17)15-7-3-5-11(10-15)16-8-4-6-13-16/h2,4-6,8H,1,3,7,9-10H2,(H,14,17). The molecule has 0 aliphatic carbocycles. The Morgan fingerprint density at radius 3 is 3.28 bits per heavy atom. The quantitative estimate of drug-likeness (QED) is 0.495. The summed E-state index contributed by atoms with van der Waals surface area (Å²) in [5.41, 5.74) is 3.37. The maximum atomic E-state index is 11.8. The molecule has 0 atom stereocenters. The Hall–Kier alpha value is -2.08. The minimum Gasteiger partial charge on any atom is -0.317 e. The summed E-state index contributed by atoms with van der Waals surface area (Å²) < 4.78 is 1.77. The van der Waals surface area contributed by atoms with Crippen molar-refractivity contribution in [3.8, 4) is 0 Å². The van der Waals surface area contributed by atoms with Gasteiger partial charge in [-0.1, -0.05) is 12.2 Å². The Morgan fingerprint density at radius 1 is 1.67 bits per heavy atom. The Kier molecular flexibility index (Phi) is 4.14. The highest BCUT2D eigenvalue weighted by molar-refractivity contribution is 5.75. The number of nitrogens with zero attached hydrogens (tertiary/aromatic N) is 3. The molecule has 18 heavy (non-hydrogen) atoms. The lowest BCUT2D eigenvalue weighted by Crippen LogP contribution is -2.43. The van der Waals surface area contributed by atoms with Crippen molar-refractivity contribution < 1.29 is 9.63 Å². The molecule has 2 rings (SSSR count). The molecule has 6 nitrogen and oxygen atoms in total. The number of rotatable bonds is 4. The van der Waals surface area contributed by atoms with Gasteiger partial charge in [0.2, 0.25) is 0 Å². The van der Waals surface area contributed by atoms with E-state index < -0.39 is 0 Å². The van der Waals surface area contributed by atoms with E-state index in [2.05, 4.69) is 23.2 Å². The first kappa shape index (κ1) is 12.4. The third-order valence-corrected chi connectivity index (χ3v) is 2.58. The van der Waals surface area contributed by atoms with Gasteiger partial charge in [0.1, 0.15) is 0 Å². The zero-order chi connectivity index (χ0) is 12.8. The van der Waals surface area contributed by atoms with Crippen molar-refractivity contribution in [3.05, 3.63) is 37.2 Å². The number of nitrogens with one attached hydrogen (secondary N) is 1. The average molecular weight is 248 g/mol. The highest BCUT2D eigenvalue weighted by Gasteiger charge is 2.19. The number of amides is 2. The number of carbonyl (C=O) groups is 1. The molecule has 2 heterocycles. The van der Waals surface area contributed by atoms with E-state index in [1.54, 1.807) is 21.9 Å². The van der Waals surface area contributed by atoms with Crippen LogP contribution in [0.15, 0.2) is 37.2 Å². The summed E-state index contributed by atoms with van der Waals surface area (Å²) in [6.45, 7) is 4.99. The summed E-state index contributed by atoms with van der Waals surface area (Å²) in [5, 5.41) is 4.15. The first-order chi connectivity index (χ1) is 8.81. The van der Waals surface area contributed by atoms with Crippen LogP contribution in [0, 0.1) is 0 Å². The fourth-order valence-corrected chi connectivity index (χ4v) is 1.73. The van der Waals surface area contributed by atoms with Crippen molar-refractivity contribution in [2.24, 2.45) is 0 Å². The monoisotopic (exact) mass is 248 g/mol. The summed E-state index contributed by atoms with van der Waals surface area (Å²) in [7, 11) is 0. The zero-order valence-electron chi connectivity index (χ0n) is 10.1. The fourth-order valence-electron chi connectivity index (χ4n) is 1.73. The number of carbonyl (C=O) groups excluding carboxylic acids is 1. The van der Waals surface area contributed by atoms with Gasteiger partial charge < -0.3 is 4.90 Å². The van der Waals surface area contributed by atoms with E-state index in [9.17, 15) is 4.79 Å². The summed E-state index contributed by atoms with van der Waals surface area (Å²) in [5.74, 6) is 0. The second kappa shape index (κ2) is 6.02. The fraction of sp³-hybridized carbons (Fsp3) is 0.333. The summed E-state index contributed by atoms with van der Waals surface area (Å²) in [6.07, 6.45) is 8.05. The van der Waals surface area contributed by atoms with E-state index in [0.717, 1.165) is 12.1 Å². The molecule has 6 heteroatoms. The lowest BCUT2D eigenvalue weighted by Gasteiger charge is -2.27. The highest BCUT2D eigenvalue weighted by atomic mass is 16.7. The smallest absolute Gasteiger partial charge is 0.317 e. The minimum absolute atomic E-state index is 0.241. The zero-order valence-corrected chi connectivity index (χ0v) is 10.1. The first-order valence-electron chi connectivity index (χ1n) is 5.78. The van der Waals surface area contributed by atoms with E-state index >= 15 is 0 Å². The molecule has 0 fully saturated rings. The van der Waals surface area contributed by atoms with Crippen LogP contribution in [0.5, 0.6) is 0 Å². The Bertz CT molecular complexity index is 439. The van der Waals surface area contributed by atoms with Gasteiger partial charge >= 0.3 is 6.03 Å². The van der Waals surface area contributed by atoms with Gasteiger partial charge in [0.05, 0.1) is 18.8 Å². The lowest BCUT2D eigenvalue weighted by molar-refractivity contribution is 0.0665. The molecular formula is C12H16N4O2. The van der Waals surface area contributed by atoms with Crippen LogP contribution in [0.2, 0.25) is 0 Å². The van der Waals surface area contributed by atoms with Crippen molar-refractivity contribution in [2.75, 3.05) is 19.7 Å². The maximum absolute atomic E-state index is 11.8. The van der Waals surface area contributed by atoms with Crippen molar-refractivity contribution in [3.63, 3.8) is 0 Å². The summed E-state index contributed by atoms with van der Waals surface area (Å²) >= 11 is 0. The van der Waals surface area contributed by atoms with E-state index in [1.807, 2.05) is 12.3 Å². The molecule has 1 aromatic heterocycles. The molecular weight excluding hydrogens is 232 g/mol.